The van der Waals surface area contributed by atoms with E-state index in [9.17, 15) is 9.18 Å². The van der Waals surface area contributed by atoms with Gasteiger partial charge >= 0.3 is 6.09 Å². The van der Waals surface area contributed by atoms with E-state index in [1.54, 1.807) is 31.2 Å². The number of carbonyl (C=O) groups is 1. The first-order valence-corrected chi connectivity index (χ1v) is 12.1. The third kappa shape index (κ3) is 5.52. The summed E-state index contributed by atoms with van der Waals surface area (Å²) in [5.41, 5.74) is 0.139. The molecule has 3 aromatic rings. The Labute approximate surface area is 218 Å². The average molecular weight is 537 g/mol. The number of rotatable bonds is 6. The molecule has 1 aliphatic carbocycles. The summed E-state index contributed by atoms with van der Waals surface area (Å²) in [4.78, 5) is 22.5. The van der Waals surface area contributed by atoms with Crippen molar-refractivity contribution < 1.29 is 23.4 Å². The lowest BCUT2D eigenvalue weighted by Gasteiger charge is -2.41. The molecule has 36 heavy (non-hydrogen) atoms. The summed E-state index contributed by atoms with van der Waals surface area (Å²) in [6.07, 6.45) is 2.16. The van der Waals surface area contributed by atoms with E-state index in [1.165, 1.54) is 18.5 Å². The largest absolute Gasteiger partial charge is 0.493 e. The molecule has 1 saturated carbocycles. The first-order chi connectivity index (χ1) is 17.0. The molecule has 0 unspecified atom stereocenters. The highest BCUT2D eigenvalue weighted by Gasteiger charge is 2.37. The van der Waals surface area contributed by atoms with Gasteiger partial charge in [-0.1, -0.05) is 23.2 Å². The van der Waals surface area contributed by atoms with Gasteiger partial charge in [0.1, 0.15) is 23.9 Å². The standard InChI is InChI=1S/C25H27Cl2FN4O4/c1-25(2,3)36-24(33)32(4)13-8-14(9-13)35-20-10-15-18(11-19(20)34-5)29-12-30-23(15)31-17-7-6-16(26)21(27)22(17)28/h6-7,10-14H,8-9H2,1-5H3,(H,29,30,31). The van der Waals surface area contributed by atoms with Crippen LogP contribution >= 0.6 is 23.2 Å². The second-order valence-electron chi connectivity index (χ2n) is 9.55. The van der Waals surface area contributed by atoms with Crippen LogP contribution in [0.1, 0.15) is 33.6 Å². The van der Waals surface area contributed by atoms with Crippen molar-refractivity contribution in [3.05, 3.63) is 46.5 Å². The monoisotopic (exact) mass is 536 g/mol. The molecular formula is C25H27Cl2FN4O4. The van der Waals surface area contributed by atoms with Crippen LogP contribution in [0.5, 0.6) is 11.5 Å². The average Bonchev–Trinajstić information content (AvgIpc) is 2.79. The molecule has 0 spiro atoms. The number of methoxy groups -OCH3 is 1. The van der Waals surface area contributed by atoms with E-state index in [1.807, 2.05) is 20.8 Å². The van der Waals surface area contributed by atoms with Crippen LogP contribution in [0.15, 0.2) is 30.6 Å². The minimum atomic E-state index is -0.685. The van der Waals surface area contributed by atoms with Crippen LogP contribution in [0.25, 0.3) is 10.9 Å². The minimum Gasteiger partial charge on any atom is -0.493 e. The van der Waals surface area contributed by atoms with Gasteiger partial charge in [0.25, 0.3) is 0 Å². The van der Waals surface area contributed by atoms with Gasteiger partial charge in [-0.05, 0) is 39.0 Å². The van der Waals surface area contributed by atoms with E-state index in [0.717, 1.165) is 0 Å². The number of halogens is 3. The van der Waals surface area contributed by atoms with Crippen molar-refractivity contribution >= 4 is 51.7 Å². The van der Waals surface area contributed by atoms with Gasteiger partial charge in [0.15, 0.2) is 17.3 Å². The van der Waals surface area contributed by atoms with Gasteiger partial charge in [0.05, 0.1) is 28.4 Å². The van der Waals surface area contributed by atoms with Crippen molar-refractivity contribution in [2.75, 3.05) is 19.5 Å². The number of aromatic nitrogens is 2. The Hall–Kier alpha value is -3.04. The van der Waals surface area contributed by atoms with E-state index >= 15 is 0 Å². The highest BCUT2D eigenvalue weighted by molar-refractivity contribution is 6.42. The summed E-state index contributed by atoms with van der Waals surface area (Å²) in [6, 6.07) is 6.46. The highest BCUT2D eigenvalue weighted by atomic mass is 35.5. The van der Waals surface area contributed by atoms with Gasteiger partial charge in [-0.15, -0.1) is 0 Å². The molecule has 0 aliphatic heterocycles. The quantitative estimate of drug-likeness (QED) is 0.355. The fraction of sp³-hybridized carbons (Fsp3) is 0.400. The molecule has 0 bridgehead atoms. The predicted octanol–water partition coefficient (Wildman–Crippen LogP) is 6.60. The summed E-state index contributed by atoms with van der Waals surface area (Å²) in [5.74, 6) is 0.661. The number of nitrogens with zero attached hydrogens (tertiary/aromatic N) is 3. The molecular weight excluding hydrogens is 510 g/mol. The summed E-state index contributed by atoms with van der Waals surface area (Å²) < 4.78 is 31.8. The molecule has 0 saturated heterocycles. The number of fused-ring (bicyclic) bond motifs is 1. The van der Waals surface area contributed by atoms with E-state index < -0.39 is 11.4 Å². The normalized spacial score (nSPS) is 17.3. The molecule has 8 nitrogen and oxygen atoms in total. The van der Waals surface area contributed by atoms with Crippen LogP contribution in [0, 0.1) is 5.82 Å². The van der Waals surface area contributed by atoms with Gasteiger partial charge in [-0.3, -0.25) is 0 Å². The van der Waals surface area contributed by atoms with Crippen LogP contribution in [0.3, 0.4) is 0 Å². The van der Waals surface area contributed by atoms with Gasteiger partial charge in [-0.2, -0.15) is 0 Å². The van der Waals surface area contributed by atoms with Crippen LogP contribution < -0.4 is 14.8 Å². The van der Waals surface area contributed by atoms with E-state index in [2.05, 4.69) is 15.3 Å². The zero-order valence-electron chi connectivity index (χ0n) is 20.6. The molecule has 11 heteroatoms. The summed E-state index contributed by atoms with van der Waals surface area (Å²) in [6.45, 7) is 5.50. The van der Waals surface area contributed by atoms with Crippen molar-refractivity contribution in [3.63, 3.8) is 0 Å². The molecule has 1 fully saturated rings. The van der Waals surface area contributed by atoms with Crippen molar-refractivity contribution in [1.82, 2.24) is 14.9 Å². The Morgan fingerprint density at radius 2 is 1.89 bits per heavy atom. The molecule has 1 aliphatic rings. The number of anilines is 2. The fourth-order valence-corrected chi connectivity index (χ4v) is 4.09. The van der Waals surface area contributed by atoms with Crippen molar-refractivity contribution in [1.29, 1.82) is 0 Å². The summed E-state index contributed by atoms with van der Waals surface area (Å²) >= 11 is 11.8. The molecule has 4 rings (SSSR count). The summed E-state index contributed by atoms with van der Waals surface area (Å²) in [5, 5.41) is 3.49. The van der Waals surface area contributed by atoms with Crippen LogP contribution in [-0.4, -0.2) is 52.9 Å². The Bertz CT molecular complexity index is 1300. The van der Waals surface area contributed by atoms with E-state index in [4.69, 9.17) is 37.4 Å². The molecule has 0 atom stereocenters. The van der Waals surface area contributed by atoms with Crippen molar-refractivity contribution in [2.45, 2.75) is 51.4 Å². The third-order valence-corrected chi connectivity index (χ3v) is 6.58. The molecule has 1 heterocycles. The second kappa shape index (κ2) is 10.1. The number of nitrogens with one attached hydrogen (secondary N) is 1. The first kappa shape index (κ1) is 26.0. The third-order valence-electron chi connectivity index (χ3n) is 5.80. The Kier molecular flexibility index (Phi) is 7.33. The Morgan fingerprint density at radius 3 is 2.56 bits per heavy atom. The maximum absolute atomic E-state index is 14.6. The van der Waals surface area contributed by atoms with Gasteiger partial charge in [-0.25, -0.2) is 19.2 Å². The topological polar surface area (TPSA) is 85.8 Å². The number of hydrogen-bond acceptors (Lipinski definition) is 7. The van der Waals surface area contributed by atoms with Gasteiger partial charge in [0.2, 0.25) is 0 Å². The van der Waals surface area contributed by atoms with Crippen molar-refractivity contribution in [3.8, 4) is 11.5 Å². The minimum absolute atomic E-state index is 0.00879. The zero-order valence-corrected chi connectivity index (χ0v) is 22.1. The maximum Gasteiger partial charge on any atom is 0.410 e. The van der Waals surface area contributed by atoms with Gasteiger partial charge in [0, 0.05) is 37.4 Å². The Balaban J connectivity index is 1.53. The number of benzene rings is 2. The Morgan fingerprint density at radius 1 is 1.17 bits per heavy atom. The molecule has 1 amide bonds. The number of hydrogen-bond donors (Lipinski definition) is 1. The van der Waals surface area contributed by atoms with Crippen LogP contribution in [0.4, 0.5) is 20.7 Å². The van der Waals surface area contributed by atoms with Crippen LogP contribution in [-0.2, 0) is 4.74 Å². The maximum atomic E-state index is 14.6. The number of amides is 1. The zero-order chi connectivity index (χ0) is 26.2. The molecule has 2 aromatic carbocycles. The van der Waals surface area contributed by atoms with E-state index in [-0.39, 0.29) is 34.0 Å². The molecule has 0 radical (unpaired) electrons. The van der Waals surface area contributed by atoms with E-state index in [0.29, 0.717) is 41.1 Å². The summed E-state index contributed by atoms with van der Waals surface area (Å²) in [7, 11) is 3.27. The molecule has 1 N–H and O–H groups in total. The predicted molar refractivity (Wildman–Crippen MR) is 137 cm³/mol. The van der Waals surface area contributed by atoms with Gasteiger partial charge < -0.3 is 24.4 Å². The lowest BCUT2D eigenvalue weighted by Crippen LogP contribution is -2.51. The lowest BCUT2D eigenvalue weighted by atomic mass is 9.88. The van der Waals surface area contributed by atoms with Crippen LogP contribution in [0.2, 0.25) is 10.0 Å². The molecule has 192 valence electrons. The SMILES string of the molecule is COc1cc2ncnc(Nc3ccc(Cl)c(Cl)c3F)c2cc1OC1CC(N(C)C(=O)OC(C)(C)C)C1. The lowest BCUT2D eigenvalue weighted by molar-refractivity contribution is -0.00918. The van der Waals surface area contributed by atoms with Crippen molar-refractivity contribution in [2.24, 2.45) is 0 Å². The fourth-order valence-electron chi connectivity index (χ4n) is 3.78. The smallest absolute Gasteiger partial charge is 0.410 e. The highest BCUT2D eigenvalue weighted by Crippen LogP contribution is 2.39. The second-order valence-corrected chi connectivity index (χ2v) is 10.3. The number of carbonyl (C=O) groups excluding carboxylic acids is 1. The number of ether oxygens (including phenoxy) is 3. The first-order valence-electron chi connectivity index (χ1n) is 11.3. The molecule has 1 aromatic heterocycles.